The van der Waals surface area contributed by atoms with Gasteiger partial charge < -0.3 is 10.1 Å². The molecule has 0 bridgehead atoms. The van der Waals surface area contributed by atoms with Gasteiger partial charge in [0.15, 0.2) is 11.5 Å². The van der Waals surface area contributed by atoms with Crippen molar-refractivity contribution in [1.82, 2.24) is 24.8 Å². The van der Waals surface area contributed by atoms with E-state index in [2.05, 4.69) is 25.6 Å². The van der Waals surface area contributed by atoms with E-state index in [-0.39, 0.29) is 5.91 Å². The van der Waals surface area contributed by atoms with Crippen molar-refractivity contribution < 1.29 is 9.53 Å². The molecule has 8 heteroatoms. The lowest BCUT2D eigenvalue weighted by Crippen LogP contribution is -2.14. The van der Waals surface area contributed by atoms with Crippen molar-refractivity contribution >= 4 is 17.4 Å². The predicted octanol–water partition coefficient (Wildman–Crippen LogP) is 1.60. The van der Waals surface area contributed by atoms with Crippen molar-refractivity contribution in [2.24, 2.45) is 0 Å². The fourth-order valence-electron chi connectivity index (χ4n) is 2.79. The number of amides is 1. The average Bonchev–Trinajstić information content (AvgIpc) is 3.22. The zero-order chi connectivity index (χ0) is 15.6. The molecule has 1 aliphatic heterocycles. The first kappa shape index (κ1) is 13.9. The number of aromatic amines is 1. The van der Waals surface area contributed by atoms with E-state index in [1.165, 1.54) is 6.20 Å². The quantitative estimate of drug-likeness (QED) is 0.765. The molecule has 2 N–H and O–H groups in total. The minimum absolute atomic E-state index is 0.274. The molecule has 3 aromatic heterocycles. The third-order valence-corrected chi connectivity index (χ3v) is 4.02. The number of fused-ring (bicyclic) bond motifs is 1. The SMILES string of the molecule is O=C(Nc1cc(C2CCOCC2)[nH]n1)c1cnn2cccnc12. The summed E-state index contributed by atoms with van der Waals surface area (Å²) in [4.78, 5) is 16.6. The highest BCUT2D eigenvalue weighted by Gasteiger charge is 2.19. The van der Waals surface area contributed by atoms with Gasteiger partial charge in [0.25, 0.3) is 5.91 Å². The molecular weight excluding hydrogens is 296 g/mol. The van der Waals surface area contributed by atoms with Gasteiger partial charge in [-0.3, -0.25) is 9.89 Å². The summed E-state index contributed by atoms with van der Waals surface area (Å²) >= 11 is 0. The maximum atomic E-state index is 12.4. The molecule has 4 heterocycles. The van der Waals surface area contributed by atoms with E-state index in [1.54, 1.807) is 23.0 Å². The molecule has 23 heavy (non-hydrogen) atoms. The molecule has 8 nitrogen and oxygen atoms in total. The summed E-state index contributed by atoms with van der Waals surface area (Å²) in [5.41, 5.74) is 1.97. The number of nitrogens with zero attached hydrogens (tertiary/aromatic N) is 4. The molecule has 1 aliphatic rings. The Bertz CT molecular complexity index is 833. The van der Waals surface area contributed by atoms with Crippen molar-refractivity contribution in [3.63, 3.8) is 0 Å². The van der Waals surface area contributed by atoms with Crippen molar-refractivity contribution in [2.75, 3.05) is 18.5 Å². The van der Waals surface area contributed by atoms with E-state index in [1.807, 2.05) is 6.07 Å². The number of H-pyrrole nitrogens is 1. The number of hydrogen-bond acceptors (Lipinski definition) is 5. The Balaban J connectivity index is 1.51. The summed E-state index contributed by atoms with van der Waals surface area (Å²) in [5.74, 6) is 0.635. The fourth-order valence-corrected chi connectivity index (χ4v) is 2.79. The van der Waals surface area contributed by atoms with Gasteiger partial charge in [-0.25, -0.2) is 9.50 Å². The number of carbonyl (C=O) groups excluding carboxylic acids is 1. The van der Waals surface area contributed by atoms with Crippen LogP contribution in [0.15, 0.2) is 30.7 Å². The lowest BCUT2D eigenvalue weighted by Gasteiger charge is -2.20. The summed E-state index contributed by atoms with van der Waals surface area (Å²) in [7, 11) is 0. The van der Waals surface area contributed by atoms with E-state index >= 15 is 0 Å². The molecule has 0 aliphatic carbocycles. The van der Waals surface area contributed by atoms with Crippen LogP contribution in [0.2, 0.25) is 0 Å². The second-order valence-corrected chi connectivity index (χ2v) is 5.50. The van der Waals surface area contributed by atoms with Gasteiger partial charge in [0.1, 0.15) is 5.56 Å². The largest absolute Gasteiger partial charge is 0.381 e. The van der Waals surface area contributed by atoms with Crippen molar-refractivity contribution in [3.05, 3.63) is 42.0 Å². The molecule has 0 atom stereocenters. The molecule has 0 spiro atoms. The standard InChI is InChI=1S/C15H16N6O2/c22-15(11-9-17-21-5-1-4-16-14(11)21)18-13-8-12(19-20-13)10-2-6-23-7-3-10/h1,4-5,8-10H,2-3,6-7H2,(H2,18,19,20,22). The van der Waals surface area contributed by atoms with E-state index < -0.39 is 0 Å². The van der Waals surface area contributed by atoms with Gasteiger partial charge in [-0.1, -0.05) is 0 Å². The first-order valence-corrected chi connectivity index (χ1v) is 7.54. The van der Waals surface area contributed by atoms with Crippen LogP contribution < -0.4 is 5.32 Å². The van der Waals surface area contributed by atoms with Crippen LogP contribution in [-0.2, 0) is 4.74 Å². The molecule has 0 saturated carbocycles. The number of rotatable bonds is 3. The maximum Gasteiger partial charge on any atom is 0.262 e. The molecular formula is C15H16N6O2. The molecule has 118 valence electrons. The Hall–Kier alpha value is -2.74. The van der Waals surface area contributed by atoms with Gasteiger partial charge in [0.05, 0.1) is 6.20 Å². The van der Waals surface area contributed by atoms with Gasteiger partial charge in [-0.05, 0) is 18.9 Å². The second kappa shape index (κ2) is 5.81. The lowest BCUT2D eigenvalue weighted by molar-refractivity contribution is 0.0845. The van der Waals surface area contributed by atoms with E-state index in [0.29, 0.717) is 22.9 Å². The Morgan fingerprint density at radius 3 is 3.13 bits per heavy atom. The number of nitrogens with one attached hydrogen (secondary N) is 2. The summed E-state index contributed by atoms with van der Waals surface area (Å²) in [6, 6.07) is 3.64. The van der Waals surface area contributed by atoms with Crippen LogP contribution in [0.1, 0.15) is 34.8 Å². The van der Waals surface area contributed by atoms with Gasteiger partial charge in [0, 0.05) is 43.3 Å². The van der Waals surface area contributed by atoms with E-state index in [4.69, 9.17) is 4.74 Å². The number of ether oxygens (including phenoxy) is 1. The average molecular weight is 312 g/mol. The zero-order valence-electron chi connectivity index (χ0n) is 12.4. The molecule has 1 fully saturated rings. The highest BCUT2D eigenvalue weighted by molar-refractivity contribution is 6.07. The van der Waals surface area contributed by atoms with Gasteiger partial charge >= 0.3 is 0 Å². The monoisotopic (exact) mass is 312 g/mol. The topological polar surface area (TPSA) is 97.2 Å². The summed E-state index contributed by atoms with van der Waals surface area (Å²) in [6.45, 7) is 1.53. The molecule has 3 aromatic rings. The van der Waals surface area contributed by atoms with Crippen LogP contribution in [0.3, 0.4) is 0 Å². The Kier molecular flexibility index (Phi) is 3.51. The minimum atomic E-state index is -0.274. The van der Waals surface area contributed by atoms with Gasteiger partial charge in [-0.2, -0.15) is 10.2 Å². The minimum Gasteiger partial charge on any atom is -0.381 e. The normalized spacial score (nSPS) is 15.8. The van der Waals surface area contributed by atoms with Gasteiger partial charge in [0.2, 0.25) is 0 Å². The fraction of sp³-hybridized carbons (Fsp3) is 0.333. The van der Waals surface area contributed by atoms with Crippen molar-refractivity contribution in [3.8, 4) is 0 Å². The number of aromatic nitrogens is 5. The molecule has 1 saturated heterocycles. The Morgan fingerprint density at radius 2 is 2.26 bits per heavy atom. The number of hydrogen-bond donors (Lipinski definition) is 2. The van der Waals surface area contributed by atoms with Crippen LogP contribution in [0, 0.1) is 0 Å². The van der Waals surface area contributed by atoms with E-state index in [0.717, 1.165) is 31.7 Å². The van der Waals surface area contributed by atoms with Crippen LogP contribution >= 0.6 is 0 Å². The number of carbonyl (C=O) groups is 1. The third kappa shape index (κ3) is 2.68. The molecule has 1 amide bonds. The summed E-state index contributed by atoms with van der Waals surface area (Å²) < 4.78 is 6.92. The van der Waals surface area contributed by atoms with Crippen LogP contribution in [-0.4, -0.2) is 43.9 Å². The third-order valence-electron chi connectivity index (χ3n) is 4.02. The highest BCUT2D eigenvalue weighted by Crippen LogP contribution is 2.26. The van der Waals surface area contributed by atoms with Crippen LogP contribution in [0.5, 0.6) is 0 Å². The van der Waals surface area contributed by atoms with Crippen molar-refractivity contribution in [1.29, 1.82) is 0 Å². The van der Waals surface area contributed by atoms with Crippen molar-refractivity contribution in [2.45, 2.75) is 18.8 Å². The molecule has 0 aromatic carbocycles. The molecule has 0 unspecified atom stereocenters. The van der Waals surface area contributed by atoms with Crippen LogP contribution in [0.25, 0.3) is 5.65 Å². The predicted molar refractivity (Wildman–Crippen MR) is 82.3 cm³/mol. The molecule has 4 rings (SSSR count). The Labute approximate surface area is 131 Å². The first-order chi connectivity index (χ1) is 11.3. The summed E-state index contributed by atoms with van der Waals surface area (Å²) in [6.07, 6.45) is 6.81. The smallest absolute Gasteiger partial charge is 0.262 e. The highest BCUT2D eigenvalue weighted by atomic mass is 16.5. The molecule has 0 radical (unpaired) electrons. The van der Waals surface area contributed by atoms with E-state index in [9.17, 15) is 4.79 Å². The van der Waals surface area contributed by atoms with Gasteiger partial charge in [-0.15, -0.1) is 0 Å². The number of anilines is 1. The maximum absolute atomic E-state index is 12.4. The second-order valence-electron chi connectivity index (χ2n) is 5.50. The lowest BCUT2D eigenvalue weighted by atomic mass is 9.97. The summed E-state index contributed by atoms with van der Waals surface area (Å²) in [5, 5.41) is 14.1. The van der Waals surface area contributed by atoms with Crippen LogP contribution in [0.4, 0.5) is 5.82 Å². The zero-order valence-corrected chi connectivity index (χ0v) is 12.4. The Morgan fingerprint density at radius 1 is 1.39 bits per heavy atom. The first-order valence-electron chi connectivity index (χ1n) is 7.54.